The summed E-state index contributed by atoms with van der Waals surface area (Å²) in [6.07, 6.45) is 4.46. The molecule has 1 fully saturated rings. The van der Waals surface area contributed by atoms with E-state index in [0.717, 1.165) is 5.56 Å². The second-order valence-electron chi connectivity index (χ2n) is 4.39. The van der Waals surface area contributed by atoms with Crippen LogP contribution in [0.25, 0.3) is 0 Å². The van der Waals surface area contributed by atoms with E-state index in [0.29, 0.717) is 26.2 Å². The molecule has 1 aliphatic heterocycles. The van der Waals surface area contributed by atoms with E-state index in [1.54, 1.807) is 17.3 Å². The highest BCUT2D eigenvalue weighted by Crippen LogP contribution is 2.08. The normalized spacial score (nSPS) is 18.0. The predicted octanol–water partition coefficient (Wildman–Crippen LogP) is -0.263. The van der Waals surface area contributed by atoms with Crippen molar-refractivity contribution in [3.05, 3.63) is 18.0 Å². The zero-order chi connectivity index (χ0) is 13.3. The third-order valence-electron chi connectivity index (χ3n) is 2.89. The van der Waals surface area contributed by atoms with Crippen LogP contribution in [0.5, 0.6) is 0 Å². The average molecular weight is 272 g/mol. The van der Waals surface area contributed by atoms with E-state index in [2.05, 4.69) is 5.10 Å². The number of aromatic nitrogens is 2. The zero-order valence-corrected chi connectivity index (χ0v) is 11.2. The van der Waals surface area contributed by atoms with Crippen LogP contribution in [0.2, 0.25) is 0 Å². The Morgan fingerprint density at radius 1 is 1.28 bits per heavy atom. The molecule has 0 radical (unpaired) electrons. The molecule has 18 heavy (non-hydrogen) atoms. The summed E-state index contributed by atoms with van der Waals surface area (Å²) in [6.45, 7) is 3.32. The summed E-state index contributed by atoms with van der Waals surface area (Å²) >= 11 is 0. The maximum atomic E-state index is 12.0. The highest BCUT2D eigenvalue weighted by molar-refractivity contribution is 7.88. The fraction of sp³-hybridized carbons (Fsp3) is 0.600. The lowest BCUT2D eigenvalue weighted by Gasteiger charge is -2.32. The van der Waals surface area contributed by atoms with Crippen LogP contribution < -0.4 is 0 Å². The summed E-state index contributed by atoms with van der Waals surface area (Å²) in [5.74, 6) is 0. The number of aryl methyl sites for hydroxylation is 1. The molecule has 0 N–H and O–H groups in total. The van der Waals surface area contributed by atoms with Gasteiger partial charge in [-0.25, -0.2) is 13.2 Å². The van der Waals surface area contributed by atoms with E-state index < -0.39 is 10.0 Å². The van der Waals surface area contributed by atoms with Gasteiger partial charge in [0, 0.05) is 32.4 Å². The first-order valence-electron chi connectivity index (χ1n) is 5.63. The van der Waals surface area contributed by atoms with E-state index in [1.165, 1.54) is 15.2 Å². The molecule has 100 valence electrons. The lowest BCUT2D eigenvalue weighted by atomic mass is 10.4. The first kappa shape index (κ1) is 13.0. The molecule has 2 rings (SSSR count). The first-order valence-corrected chi connectivity index (χ1v) is 7.48. The van der Waals surface area contributed by atoms with E-state index in [4.69, 9.17) is 0 Å². The minimum absolute atomic E-state index is 0.212. The van der Waals surface area contributed by atoms with Crippen molar-refractivity contribution >= 4 is 16.1 Å². The van der Waals surface area contributed by atoms with Gasteiger partial charge in [0.1, 0.15) is 0 Å². The molecule has 0 atom stereocenters. The molecule has 1 aromatic heterocycles. The Hall–Kier alpha value is -1.41. The van der Waals surface area contributed by atoms with Crippen LogP contribution >= 0.6 is 0 Å². The number of amides is 1. The molecule has 2 heterocycles. The second kappa shape index (κ2) is 4.69. The molecule has 0 aromatic carbocycles. The van der Waals surface area contributed by atoms with Crippen molar-refractivity contribution in [3.8, 4) is 0 Å². The number of sulfonamides is 1. The first-order chi connectivity index (χ1) is 8.38. The Balaban J connectivity index is 2.00. The van der Waals surface area contributed by atoms with E-state index in [1.807, 2.05) is 6.92 Å². The van der Waals surface area contributed by atoms with E-state index in [-0.39, 0.29) is 6.03 Å². The number of hydrogen-bond donors (Lipinski definition) is 0. The summed E-state index contributed by atoms with van der Waals surface area (Å²) in [4.78, 5) is 13.6. The highest BCUT2D eigenvalue weighted by Gasteiger charge is 2.26. The molecule has 1 amide bonds. The quantitative estimate of drug-likeness (QED) is 0.705. The minimum atomic E-state index is -3.16. The van der Waals surface area contributed by atoms with Gasteiger partial charge in [0.15, 0.2) is 0 Å². The van der Waals surface area contributed by atoms with Crippen molar-refractivity contribution in [2.45, 2.75) is 6.92 Å². The Labute approximate surface area is 106 Å². The number of piperazine rings is 1. The van der Waals surface area contributed by atoms with Crippen LogP contribution in [0.15, 0.2) is 12.4 Å². The molecule has 0 aliphatic carbocycles. The van der Waals surface area contributed by atoms with Crippen molar-refractivity contribution in [1.82, 2.24) is 19.0 Å². The molecule has 0 spiro atoms. The van der Waals surface area contributed by atoms with Crippen LogP contribution in [0, 0.1) is 6.92 Å². The van der Waals surface area contributed by atoms with Gasteiger partial charge >= 0.3 is 6.03 Å². The van der Waals surface area contributed by atoms with Crippen molar-refractivity contribution < 1.29 is 13.2 Å². The molecule has 1 saturated heterocycles. The van der Waals surface area contributed by atoms with Gasteiger partial charge in [-0.05, 0) is 12.5 Å². The number of nitrogens with zero attached hydrogens (tertiary/aromatic N) is 4. The van der Waals surface area contributed by atoms with Crippen molar-refractivity contribution in [2.24, 2.45) is 0 Å². The number of rotatable bonds is 1. The summed E-state index contributed by atoms with van der Waals surface area (Å²) in [6, 6.07) is -0.212. The van der Waals surface area contributed by atoms with Crippen LogP contribution in [0.4, 0.5) is 4.79 Å². The Morgan fingerprint density at radius 2 is 1.89 bits per heavy atom. The maximum absolute atomic E-state index is 12.0. The molecular formula is C10H16N4O3S. The van der Waals surface area contributed by atoms with Crippen molar-refractivity contribution in [2.75, 3.05) is 32.4 Å². The molecule has 1 aliphatic rings. The van der Waals surface area contributed by atoms with Crippen LogP contribution in [-0.4, -0.2) is 65.9 Å². The highest BCUT2D eigenvalue weighted by atomic mass is 32.2. The Morgan fingerprint density at radius 3 is 2.33 bits per heavy atom. The van der Waals surface area contributed by atoms with Gasteiger partial charge in [0.05, 0.1) is 12.5 Å². The summed E-state index contributed by atoms with van der Waals surface area (Å²) in [7, 11) is -3.16. The zero-order valence-electron chi connectivity index (χ0n) is 10.4. The molecule has 0 unspecified atom stereocenters. The minimum Gasteiger partial charge on any atom is -0.320 e. The van der Waals surface area contributed by atoms with Gasteiger partial charge < -0.3 is 4.90 Å². The molecule has 1 aromatic rings. The topological polar surface area (TPSA) is 75.5 Å². The van der Waals surface area contributed by atoms with Gasteiger partial charge in [-0.2, -0.15) is 14.1 Å². The van der Waals surface area contributed by atoms with Crippen LogP contribution in [-0.2, 0) is 10.0 Å². The fourth-order valence-electron chi connectivity index (χ4n) is 1.87. The summed E-state index contributed by atoms with van der Waals surface area (Å²) in [5.41, 5.74) is 0.915. The second-order valence-corrected chi connectivity index (χ2v) is 6.38. The monoisotopic (exact) mass is 272 g/mol. The van der Waals surface area contributed by atoms with Gasteiger partial charge in [-0.15, -0.1) is 0 Å². The van der Waals surface area contributed by atoms with Crippen LogP contribution in [0.1, 0.15) is 5.56 Å². The molecule has 0 saturated carbocycles. The predicted molar refractivity (Wildman–Crippen MR) is 65.7 cm³/mol. The largest absolute Gasteiger partial charge is 0.344 e. The van der Waals surface area contributed by atoms with Crippen molar-refractivity contribution in [3.63, 3.8) is 0 Å². The third kappa shape index (κ3) is 2.70. The summed E-state index contributed by atoms with van der Waals surface area (Å²) < 4.78 is 25.3. The molecule has 7 nitrogen and oxygen atoms in total. The number of hydrogen-bond acceptors (Lipinski definition) is 4. The smallest absolute Gasteiger partial charge is 0.320 e. The average Bonchev–Trinajstić information content (AvgIpc) is 2.74. The molecule has 0 bridgehead atoms. The summed E-state index contributed by atoms with van der Waals surface area (Å²) in [5, 5.41) is 3.95. The van der Waals surface area contributed by atoms with E-state index in [9.17, 15) is 13.2 Å². The van der Waals surface area contributed by atoms with Gasteiger partial charge in [0.2, 0.25) is 10.0 Å². The maximum Gasteiger partial charge on any atom is 0.344 e. The van der Waals surface area contributed by atoms with Crippen molar-refractivity contribution in [1.29, 1.82) is 0 Å². The Kier molecular flexibility index (Phi) is 3.40. The molecular weight excluding hydrogens is 256 g/mol. The number of carbonyl (C=O) groups is 1. The molecule has 8 heteroatoms. The number of carbonyl (C=O) groups excluding carboxylic acids is 1. The van der Waals surface area contributed by atoms with Gasteiger partial charge in [0.25, 0.3) is 0 Å². The van der Waals surface area contributed by atoms with Gasteiger partial charge in [-0.1, -0.05) is 0 Å². The lowest BCUT2D eigenvalue weighted by molar-refractivity contribution is 0.171. The lowest BCUT2D eigenvalue weighted by Crippen LogP contribution is -2.51. The standard InChI is InChI=1S/C10H16N4O3S/c1-9-7-11-14(8-9)10(15)12-3-5-13(6-4-12)18(2,16)17/h7-8H,3-6H2,1-2H3. The van der Waals surface area contributed by atoms with E-state index >= 15 is 0 Å². The third-order valence-corrected chi connectivity index (χ3v) is 4.19. The van der Waals surface area contributed by atoms with Gasteiger partial charge in [-0.3, -0.25) is 0 Å². The SMILES string of the molecule is Cc1cnn(C(=O)N2CCN(S(C)(=O)=O)CC2)c1. The van der Waals surface area contributed by atoms with Crippen LogP contribution in [0.3, 0.4) is 0 Å². The fourth-order valence-corrected chi connectivity index (χ4v) is 2.70. The Bertz CT molecular complexity index is 543.